The van der Waals surface area contributed by atoms with E-state index in [1.54, 1.807) is 6.07 Å². The predicted octanol–water partition coefficient (Wildman–Crippen LogP) is 0.808. The second-order valence-electron chi connectivity index (χ2n) is 2.55. The molecule has 0 bridgehead atoms. The first-order valence-electron chi connectivity index (χ1n) is 3.73. The Hall–Kier alpha value is -1.39. The molecule has 0 aromatic heterocycles. The van der Waals surface area contributed by atoms with Crippen LogP contribution in [0.2, 0.25) is 0 Å². The van der Waals surface area contributed by atoms with E-state index in [0.29, 0.717) is 5.56 Å². The normalized spacial score (nSPS) is 10.0. The molecule has 0 unspecified atom stereocenters. The second kappa shape index (κ2) is 4.02. The van der Waals surface area contributed by atoms with Crippen molar-refractivity contribution < 1.29 is 20.1 Å². The molecule has 0 saturated carbocycles. The van der Waals surface area contributed by atoms with Crippen molar-refractivity contribution in [3.63, 3.8) is 0 Å². The van der Waals surface area contributed by atoms with Crippen LogP contribution in [0.5, 0.6) is 0 Å². The summed E-state index contributed by atoms with van der Waals surface area (Å²) in [5.74, 6) is -1.14. The van der Waals surface area contributed by atoms with Gasteiger partial charge in [-0.15, -0.1) is 0 Å². The summed E-state index contributed by atoms with van der Waals surface area (Å²) in [6.07, 6.45) is 0. The van der Waals surface area contributed by atoms with Gasteiger partial charge in [0.1, 0.15) is 6.61 Å². The molecule has 0 saturated heterocycles. The summed E-state index contributed by atoms with van der Waals surface area (Å²) in [7, 11) is 0. The second-order valence-corrected chi connectivity index (χ2v) is 2.55. The molecule has 0 amide bonds. The number of rotatable bonds is 3. The lowest BCUT2D eigenvalue weighted by Crippen LogP contribution is -2.05. The minimum absolute atomic E-state index is 0.0263. The lowest BCUT2D eigenvalue weighted by Gasteiger charge is -2.06. The highest BCUT2D eigenvalue weighted by Gasteiger charge is 2.12. The van der Waals surface area contributed by atoms with Crippen LogP contribution < -0.4 is 0 Å². The summed E-state index contributed by atoms with van der Waals surface area (Å²) in [5.41, 5.74) is 0.522. The molecular formula is C9H9O4. The van der Waals surface area contributed by atoms with Gasteiger partial charge < -0.3 is 10.2 Å². The van der Waals surface area contributed by atoms with Gasteiger partial charge in [0.2, 0.25) is 0 Å². The first kappa shape index (κ1) is 9.70. The summed E-state index contributed by atoms with van der Waals surface area (Å²) in [5, 5.41) is 28.2. The van der Waals surface area contributed by atoms with Crippen LogP contribution in [0.15, 0.2) is 18.2 Å². The SMILES string of the molecule is [O]Cc1c(CO)cccc1C(=O)O. The molecule has 1 radical (unpaired) electrons. The van der Waals surface area contributed by atoms with E-state index >= 15 is 0 Å². The molecule has 2 N–H and O–H groups in total. The highest BCUT2D eigenvalue weighted by Crippen LogP contribution is 2.15. The minimum Gasteiger partial charge on any atom is -0.478 e. The molecule has 69 valence electrons. The van der Waals surface area contributed by atoms with E-state index in [1.807, 2.05) is 0 Å². The topological polar surface area (TPSA) is 77.4 Å². The third-order valence-corrected chi connectivity index (χ3v) is 1.82. The Bertz CT molecular complexity index is 319. The van der Waals surface area contributed by atoms with E-state index in [-0.39, 0.29) is 17.7 Å². The average Bonchev–Trinajstić information content (AvgIpc) is 2.16. The van der Waals surface area contributed by atoms with E-state index in [4.69, 9.17) is 10.2 Å². The Morgan fingerprint density at radius 3 is 2.54 bits per heavy atom. The molecule has 0 aliphatic heterocycles. The zero-order chi connectivity index (χ0) is 9.84. The molecule has 4 heteroatoms. The standard InChI is InChI=1S/C9H9O4/c10-4-6-2-1-3-7(9(12)13)8(6)5-11/h1-3,10H,4-5H2,(H,12,13). The van der Waals surface area contributed by atoms with Gasteiger partial charge in [-0.1, -0.05) is 12.1 Å². The molecule has 1 rings (SSSR count). The zero-order valence-corrected chi connectivity index (χ0v) is 6.86. The van der Waals surface area contributed by atoms with Gasteiger partial charge in [-0.25, -0.2) is 9.90 Å². The zero-order valence-electron chi connectivity index (χ0n) is 6.86. The first-order chi connectivity index (χ1) is 6.20. The van der Waals surface area contributed by atoms with Gasteiger partial charge in [0.05, 0.1) is 12.2 Å². The number of aliphatic hydroxyl groups is 1. The molecule has 13 heavy (non-hydrogen) atoms. The summed E-state index contributed by atoms with van der Waals surface area (Å²) in [4.78, 5) is 10.6. The number of hydrogen-bond acceptors (Lipinski definition) is 2. The van der Waals surface area contributed by atoms with Crippen LogP contribution in [0.3, 0.4) is 0 Å². The fourth-order valence-electron chi connectivity index (χ4n) is 1.15. The fraction of sp³-hybridized carbons (Fsp3) is 0.222. The van der Waals surface area contributed by atoms with Crippen molar-refractivity contribution in [1.29, 1.82) is 0 Å². The molecule has 4 nitrogen and oxygen atoms in total. The van der Waals surface area contributed by atoms with Crippen molar-refractivity contribution >= 4 is 5.97 Å². The molecule has 0 atom stereocenters. The Morgan fingerprint density at radius 2 is 2.08 bits per heavy atom. The number of carboxylic acid groups (broad SMARTS) is 1. The van der Waals surface area contributed by atoms with Gasteiger partial charge in [0.25, 0.3) is 0 Å². The summed E-state index contributed by atoms with van der Waals surface area (Å²) in [6, 6.07) is 4.41. The molecule has 0 fully saturated rings. The van der Waals surface area contributed by atoms with Crippen molar-refractivity contribution in [1.82, 2.24) is 0 Å². The fourth-order valence-corrected chi connectivity index (χ4v) is 1.15. The molecule has 1 aromatic carbocycles. The van der Waals surface area contributed by atoms with Gasteiger partial charge in [-0.2, -0.15) is 0 Å². The maximum absolute atomic E-state index is 10.7. The van der Waals surface area contributed by atoms with Gasteiger partial charge in [-0.05, 0) is 11.6 Å². The molecular weight excluding hydrogens is 172 g/mol. The number of carboxylic acids is 1. The number of aromatic carboxylic acids is 1. The van der Waals surface area contributed by atoms with Crippen LogP contribution in [0.25, 0.3) is 0 Å². The van der Waals surface area contributed by atoms with Crippen molar-refractivity contribution in [2.45, 2.75) is 13.2 Å². The number of aliphatic hydroxyl groups excluding tert-OH is 1. The Morgan fingerprint density at radius 1 is 1.38 bits per heavy atom. The van der Waals surface area contributed by atoms with Gasteiger partial charge in [0, 0.05) is 5.56 Å². The highest BCUT2D eigenvalue weighted by atomic mass is 16.4. The van der Waals surface area contributed by atoms with E-state index in [1.165, 1.54) is 12.1 Å². The van der Waals surface area contributed by atoms with E-state index in [2.05, 4.69) is 0 Å². The van der Waals surface area contributed by atoms with Crippen LogP contribution in [-0.4, -0.2) is 16.2 Å². The highest BCUT2D eigenvalue weighted by molar-refractivity contribution is 5.89. The van der Waals surface area contributed by atoms with Crippen molar-refractivity contribution in [2.24, 2.45) is 0 Å². The quantitative estimate of drug-likeness (QED) is 0.724. The predicted molar refractivity (Wildman–Crippen MR) is 43.7 cm³/mol. The molecule has 0 spiro atoms. The summed E-state index contributed by atoms with van der Waals surface area (Å²) >= 11 is 0. The van der Waals surface area contributed by atoms with Gasteiger partial charge in [-0.3, -0.25) is 0 Å². The Labute approximate surface area is 75.1 Å². The van der Waals surface area contributed by atoms with E-state index < -0.39 is 12.6 Å². The van der Waals surface area contributed by atoms with Gasteiger partial charge >= 0.3 is 5.97 Å². The Kier molecular flexibility index (Phi) is 3.00. The van der Waals surface area contributed by atoms with E-state index in [0.717, 1.165) is 0 Å². The smallest absolute Gasteiger partial charge is 0.336 e. The van der Waals surface area contributed by atoms with E-state index in [9.17, 15) is 9.90 Å². The van der Waals surface area contributed by atoms with Crippen molar-refractivity contribution in [3.8, 4) is 0 Å². The number of hydrogen-bond donors (Lipinski definition) is 2. The first-order valence-corrected chi connectivity index (χ1v) is 3.73. The lowest BCUT2D eigenvalue weighted by atomic mass is 10.0. The average molecular weight is 181 g/mol. The summed E-state index contributed by atoms with van der Waals surface area (Å²) in [6.45, 7) is -0.933. The molecule has 1 aromatic rings. The van der Waals surface area contributed by atoms with Crippen molar-refractivity contribution in [2.75, 3.05) is 0 Å². The molecule has 0 heterocycles. The molecule has 0 aliphatic rings. The third kappa shape index (κ3) is 1.85. The Balaban J connectivity index is 3.27. The van der Waals surface area contributed by atoms with Crippen LogP contribution >= 0.6 is 0 Å². The van der Waals surface area contributed by atoms with Crippen LogP contribution in [0.1, 0.15) is 21.5 Å². The third-order valence-electron chi connectivity index (χ3n) is 1.82. The number of carbonyl (C=O) groups is 1. The lowest BCUT2D eigenvalue weighted by molar-refractivity contribution is 0.0690. The monoisotopic (exact) mass is 181 g/mol. The number of benzene rings is 1. The van der Waals surface area contributed by atoms with Crippen LogP contribution in [0, 0.1) is 0 Å². The van der Waals surface area contributed by atoms with Gasteiger partial charge in [0.15, 0.2) is 0 Å². The van der Waals surface area contributed by atoms with Crippen LogP contribution in [0.4, 0.5) is 0 Å². The molecule has 0 aliphatic carbocycles. The summed E-state index contributed by atoms with van der Waals surface area (Å²) < 4.78 is 0. The van der Waals surface area contributed by atoms with Crippen LogP contribution in [-0.2, 0) is 18.3 Å². The maximum Gasteiger partial charge on any atom is 0.336 e. The minimum atomic E-state index is -1.14. The largest absolute Gasteiger partial charge is 0.478 e. The van der Waals surface area contributed by atoms with Crippen molar-refractivity contribution in [3.05, 3.63) is 34.9 Å². The maximum atomic E-state index is 10.7.